The van der Waals surface area contributed by atoms with E-state index in [4.69, 9.17) is 4.74 Å². The topological polar surface area (TPSA) is 80.6 Å². The van der Waals surface area contributed by atoms with Gasteiger partial charge in [0.2, 0.25) is 0 Å². The fourth-order valence-electron chi connectivity index (χ4n) is 3.28. The highest BCUT2D eigenvalue weighted by molar-refractivity contribution is 6.13. The van der Waals surface area contributed by atoms with Gasteiger partial charge in [0.15, 0.2) is 0 Å². The maximum Gasteiger partial charge on any atom is 0.338 e. The lowest BCUT2D eigenvalue weighted by Crippen LogP contribution is -2.25. The SMILES string of the molecule is COC(=O)c1cccc(-n2c(C)cc(/C=C3/NC(=O)N(C)C3=O)c2C)c1C. The van der Waals surface area contributed by atoms with Crippen LogP contribution < -0.4 is 5.32 Å². The molecule has 0 radical (unpaired) electrons. The quantitative estimate of drug-likeness (QED) is 0.514. The molecule has 2 heterocycles. The Kier molecular flexibility index (Phi) is 4.61. The van der Waals surface area contributed by atoms with Gasteiger partial charge in [-0.05, 0) is 56.2 Å². The van der Waals surface area contributed by atoms with Crippen LogP contribution in [0.2, 0.25) is 0 Å². The summed E-state index contributed by atoms with van der Waals surface area (Å²) < 4.78 is 6.87. The van der Waals surface area contributed by atoms with Crippen LogP contribution in [0.15, 0.2) is 30.0 Å². The lowest BCUT2D eigenvalue weighted by molar-refractivity contribution is -0.121. The van der Waals surface area contributed by atoms with Gasteiger partial charge in [-0.15, -0.1) is 0 Å². The summed E-state index contributed by atoms with van der Waals surface area (Å²) in [5.41, 5.74) is 5.04. The first-order valence-electron chi connectivity index (χ1n) is 8.44. The number of methoxy groups -OCH3 is 1. The summed E-state index contributed by atoms with van der Waals surface area (Å²) in [6.45, 7) is 5.74. The Labute approximate surface area is 157 Å². The van der Waals surface area contributed by atoms with Crippen LogP contribution >= 0.6 is 0 Å². The summed E-state index contributed by atoms with van der Waals surface area (Å²) in [5.74, 6) is -0.755. The van der Waals surface area contributed by atoms with Gasteiger partial charge in [-0.25, -0.2) is 9.59 Å². The first-order valence-corrected chi connectivity index (χ1v) is 8.44. The number of carbonyl (C=O) groups excluding carboxylic acids is 3. The molecule has 1 aromatic carbocycles. The maximum absolute atomic E-state index is 12.1. The van der Waals surface area contributed by atoms with Crippen molar-refractivity contribution in [3.63, 3.8) is 0 Å². The number of carbonyl (C=O) groups is 3. The van der Waals surface area contributed by atoms with Gasteiger partial charge in [0, 0.05) is 24.1 Å². The summed E-state index contributed by atoms with van der Waals surface area (Å²) in [6.07, 6.45) is 1.67. The predicted octanol–water partition coefficient (Wildman–Crippen LogP) is 2.71. The Balaban J connectivity index is 2.10. The molecule has 1 aliphatic heterocycles. The molecule has 1 fully saturated rings. The molecule has 27 heavy (non-hydrogen) atoms. The van der Waals surface area contributed by atoms with Crippen LogP contribution in [0.1, 0.15) is 32.9 Å². The zero-order valence-corrected chi connectivity index (χ0v) is 15.9. The van der Waals surface area contributed by atoms with Crippen molar-refractivity contribution in [2.24, 2.45) is 0 Å². The molecular weight excluding hydrogens is 346 g/mol. The van der Waals surface area contributed by atoms with Crippen molar-refractivity contribution in [3.05, 3.63) is 58.0 Å². The van der Waals surface area contributed by atoms with Crippen LogP contribution in [0.3, 0.4) is 0 Å². The first kappa shape index (κ1) is 18.4. The van der Waals surface area contributed by atoms with Gasteiger partial charge in [-0.2, -0.15) is 0 Å². The summed E-state index contributed by atoms with van der Waals surface area (Å²) in [5, 5.41) is 2.57. The number of nitrogens with one attached hydrogen (secondary N) is 1. The molecule has 7 heteroatoms. The molecule has 2 aromatic rings. The molecule has 0 bridgehead atoms. The van der Waals surface area contributed by atoms with Gasteiger partial charge in [-0.3, -0.25) is 9.69 Å². The van der Waals surface area contributed by atoms with Crippen LogP contribution in [0.25, 0.3) is 11.8 Å². The van der Waals surface area contributed by atoms with Crippen LogP contribution in [0.5, 0.6) is 0 Å². The van der Waals surface area contributed by atoms with Gasteiger partial charge >= 0.3 is 12.0 Å². The van der Waals surface area contributed by atoms with E-state index in [0.717, 1.165) is 33.1 Å². The zero-order chi connectivity index (χ0) is 19.9. The summed E-state index contributed by atoms with van der Waals surface area (Å²) in [7, 11) is 2.79. The minimum atomic E-state index is -0.443. The number of rotatable bonds is 3. The maximum atomic E-state index is 12.1. The number of nitrogens with zero attached hydrogens (tertiary/aromatic N) is 2. The third kappa shape index (κ3) is 3.01. The van der Waals surface area contributed by atoms with Crippen LogP contribution in [-0.2, 0) is 9.53 Å². The highest BCUT2D eigenvalue weighted by Crippen LogP contribution is 2.27. The number of aryl methyl sites for hydroxylation is 1. The molecule has 140 valence electrons. The number of imide groups is 1. The number of aromatic nitrogens is 1. The van der Waals surface area contributed by atoms with Crippen molar-refractivity contribution < 1.29 is 19.1 Å². The van der Waals surface area contributed by atoms with E-state index in [1.807, 2.05) is 37.5 Å². The number of benzene rings is 1. The van der Waals surface area contributed by atoms with Crippen molar-refractivity contribution in [1.82, 2.24) is 14.8 Å². The van der Waals surface area contributed by atoms with Gasteiger partial charge in [0.05, 0.1) is 12.7 Å². The van der Waals surface area contributed by atoms with Crippen molar-refractivity contribution in [2.45, 2.75) is 20.8 Å². The smallest absolute Gasteiger partial charge is 0.338 e. The van der Waals surface area contributed by atoms with E-state index in [0.29, 0.717) is 5.56 Å². The molecule has 1 aromatic heterocycles. The minimum absolute atomic E-state index is 0.239. The minimum Gasteiger partial charge on any atom is -0.465 e. The van der Waals surface area contributed by atoms with E-state index in [1.165, 1.54) is 14.2 Å². The number of esters is 1. The van der Waals surface area contributed by atoms with Crippen LogP contribution in [0, 0.1) is 20.8 Å². The molecule has 0 saturated carbocycles. The fourth-order valence-corrected chi connectivity index (χ4v) is 3.28. The van der Waals surface area contributed by atoms with Gasteiger partial charge < -0.3 is 14.6 Å². The van der Waals surface area contributed by atoms with Crippen molar-refractivity contribution in [3.8, 4) is 5.69 Å². The van der Waals surface area contributed by atoms with E-state index in [2.05, 4.69) is 5.32 Å². The molecule has 7 nitrogen and oxygen atoms in total. The predicted molar refractivity (Wildman–Crippen MR) is 101 cm³/mol. The number of urea groups is 1. The highest BCUT2D eigenvalue weighted by Gasteiger charge is 2.30. The average Bonchev–Trinajstić information content (AvgIpc) is 3.05. The summed E-state index contributed by atoms with van der Waals surface area (Å²) >= 11 is 0. The number of amides is 3. The van der Waals surface area contributed by atoms with Crippen LogP contribution in [0.4, 0.5) is 4.79 Å². The van der Waals surface area contributed by atoms with Crippen molar-refractivity contribution in [1.29, 1.82) is 0 Å². The Morgan fingerprint density at radius 1 is 1.19 bits per heavy atom. The lowest BCUT2D eigenvalue weighted by atomic mass is 10.1. The van der Waals surface area contributed by atoms with Gasteiger partial charge in [0.1, 0.15) is 5.70 Å². The number of ether oxygens (including phenoxy) is 1. The number of hydrogen-bond acceptors (Lipinski definition) is 4. The van der Waals surface area contributed by atoms with E-state index >= 15 is 0 Å². The van der Waals surface area contributed by atoms with Crippen molar-refractivity contribution >= 4 is 24.0 Å². The second-order valence-electron chi connectivity index (χ2n) is 6.46. The third-order valence-electron chi connectivity index (χ3n) is 4.80. The Hall–Kier alpha value is -3.35. The second kappa shape index (κ2) is 6.75. The van der Waals surface area contributed by atoms with Crippen molar-refractivity contribution in [2.75, 3.05) is 14.2 Å². The fraction of sp³-hybridized carbons (Fsp3) is 0.250. The molecule has 1 N–H and O–H groups in total. The zero-order valence-electron chi connectivity index (χ0n) is 15.9. The molecule has 3 rings (SSSR count). The van der Waals surface area contributed by atoms with Crippen LogP contribution in [-0.4, -0.2) is 41.5 Å². The first-order chi connectivity index (χ1) is 12.8. The molecule has 0 aliphatic carbocycles. The van der Waals surface area contributed by atoms with Gasteiger partial charge in [0.25, 0.3) is 5.91 Å². The molecule has 1 aliphatic rings. The molecule has 3 amide bonds. The third-order valence-corrected chi connectivity index (χ3v) is 4.80. The monoisotopic (exact) mass is 367 g/mol. The van der Waals surface area contributed by atoms with E-state index in [-0.39, 0.29) is 17.6 Å². The summed E-state index contributed by atoms with van der Waals surface area (Å²) in [6, 6.07) is 6.95. The normalized spacial score (nSPS) is 15.4. The Bertz CT molecular complexity index is 1000. The lowest BCUT2D eigenvalue weighted by Gasteiger charge is -2.15. The molecular formula is C20H21N3O4. The average molecular weight is 367 g/mol. The largest absolute Gasteiger partial charge is 0.465 e. The number of likely N-dealkylation sites (N-methyl/N-ethyl adjacent to an activating group) is 1. The molecule has 0 spiro atoms. The Morgan fingerprint density at radius 2 is 1.89 bits per heavy atom. The van der Waals surface area contributed by atoms with E-state index < -0.39 is 6.03 Å². The second-order valence-corrected chi connectivity index (χ2v) is 6.46. The molecule has 0 atom stereocenters. The molecule has 0 unspecified atom stereocenters. The molecule has 1 saturated heterocycles. The highest BCUT2D eigenvalue weighted by atomic mass is 16.5. The van der Waals surface area contributed by atoms with E-state index in [1.54, 1.807) is 18.2 Å². The van der Waals surface area contributed by atoms with Gasteiger partial charge in [-0.1, -0.05) is 6.07 Å². The summed E-state index contributed by atoms with van der Waals surface area (Å²) in [4.78, 5) is 36.8. The number of hydrogen-bond donors (Lipinski definition) is 1. The van der Waals surface area contributed by atoms with E-state index in [9.17, 15) is 14.4 Å². The Morgan fingerprint density at radius 3 is 2.48 bits per heavy atom. The standard InChI is InChI=1S/C20H21N3O4/c1-11-9-14(10-16-18(24)22(4)20(26)21-16)13(3)23(11)17-8-6-7-15(12(17)2)19(25)27-5/h6-10H,1-5H3,(H,21,26)/b16-10+.